The Bertz CT molecular complexity index is 557. The van der Waals surface area contributed by atoms with Gasteiger partial charge in [-0.3, -0.25) is 14.7 Å². The second kappa shape index (κ2) is 15.3. The first-order chi connectivity index (χ1) is 15.2. The second-order valence-electron chi connectivity index (χ2n) is 9.40. The zero-order chi connectivity index (χ0) is 21.9. The topological polar surface area (TPSA) is 69.2 Å². The van der Waals surface area contributed by atoms with Gasteiger partial charge in [-0.2, -0.15) is 0 Å². The molecule has 0 radical (unpaired) electrons. The maximum absolute atomic E-state index is 12.6. The molecule has 2 saturated carbocycles. The van der Waals surface area contributed by atoms with E-state index >= 15 is 0 Å². The summed E-state index contributed by atoms with van der Waals surface area (Å²) in [6.45, 7) is 9.35. The van der Waals surface area contributed by atoms with Crippen molar-refractivity contribution in [2.75, 3.05) is 59.5 Å². The predicted molar refractivity (Wildman–Crippen MR) is 142 cm³/mol. The molecule has 1 atom stereocenters. The lowest BCUT2D eigenvalue weighted by Gasteiger charge is -2.36. The maximum atomic E-state index is 12.6. The van der Waals surface area contributed by atoms with E-state index in [1.165, 1.54) is 38.5 Å². The molecule has 8 heteroatoms. The number of carbonyl (C=O) groups excluding carboxylic acids is 1. The standard InChI is InChI=1S/C24H45N5O2.HI/c1-3-31-22(20-8-4-5-9-20)12-13-26-24(25-2)27-14-15-28-16-18-29(19-17-28)23(30)21-10-6-7-11-21;/h20-22H,3-19H2,1-2H3,(H2,25,26,27);1H. The molecule has 3 fully saturated rings. The van der Waals surface area contributed by atoms with Gasteiger partial charge in [0.05, 0.1) is 6.10 Å². The van der Waals surface area contributed by atoms with Crippen LogP contribution in [-0.2, 0) is 9.53 Å². The Morgan fingerprint density at radius 1 is 1.00 bits per heavy atom. The fraction of sp³-hybridized carbons (Fsp3) is 0.917. The molecular formula is C24H46IN5O2. The molecule has 1 unspecified atom stereocenters. The summed E-state index contributed by atoms with van der Waals surface area (Å²) in [4.78, 5) is 21.5. The normalized spacial score (nSPS) is 22.1. The Morgan fingerprint density at radius 2 is 1.62 bits per heavy atom. The molecule has 32 heavy (non-hydrogen) atoms. The van der Waals surface area contributed by atoms with Crippen LogP contribution in [0.1, 0.15) is 64.7 Å². The average Bonchev–Trinajstić information content (AvgIpc) is 3.52. The zero-order valence-corrected chi connectivity index (χ0v) is 22.6. The third-order valence-electron chi connectivity index (χ3n) is 7.36. The van der Waals surface area contributed by atoms with Crippen molar-refractivity contribution in [1.82, 2.24) is 20.4 Å². The number of hydrogen-bond acceptors (Lipinski definition) is 4. The Morgan fingerprint density at radius 3 is 2.25 bits per heavy atom. The fourth-order valence-corrected chi connectivity index (χ4v) is 5.51. The summed E-state index contributed by atoms with van der Waals surface area (Å²) >= 11 is 0. The fourth-order valence-electron chi connectivity index (χ4n) is 5.51. The van der Waals surface area contributed by atoms with Gasteiger partial charge in [0.2, 0.25) is 5.91 Å². The van der Waals surface area contributed by atoms with E-state index in [0.29, 0.717) is 17.9 Å². The summed E-state index contributed by atoms with van der Waals surface area (Å²) in [5.74, 6) is 2.31. The molecule has 0 bridgehead atoms. The van der Waals surface area contributed by atoms with Crippen molar-refractivity contribution in [3.8, 4) is 0 Å². The molecule has 7 nitrogen and oxygen atoms in total. The van der Waals surface area contributed by atoms with Crippen LogP contribution in [0.4, 0.5) is 0 Å². The van der Waals surface area contributed by atoms with Crippen molar-refractivity contribution in [3.63, 3.8) is 0 Å². The van der Waals surface area contributed by atoms with Gasteiger partial charge in [-0.15, -0.1) is 24.0 Å². The summed E-state index contributed by atoms with van der Waals surface area (Å²) in [6, 6.07) is 0. The molecule has 2 aliphatic carbocycles. The molecule has 0 aromatic heterocycles. The van der Waals surface area contributed by atoms with Gasteiger partial charge in [-0.25, -0.2) is 0 Å². The third kappa shape index (κ3) is 8.63. The van der Waals surface area contributed by atoms with E-state index in [4.69, 9.17) is 4.74 Å². The monoisotopic (exact) mass is 563 g/mol. The van der Waals surface area contributed by atoms with Crippen LogP contribution in [0.5, 0.6) is 0 Å². The first-order valence-corrected chi connectivity index (χ1v) is 12.8. The van der Waals surface area contributed by atoms with E-state index in [-0.39, 0.29) is 24.0 Å². The van der Waals surface area contributed by atoms with E-state index in [9.17, 15) is 4.79 Å². The van der Waals surface area contributed by atoms with E-state index < -0.39 is 0 Å². The lowest BCUT2D eigenvalue weighted by atomic mass is 9.98. The highest BCUT2D eigenvalue weighted by Gasteiger charge is 2.29. The molecule has 1 aliphatic heterocycles. The molecule has 1 heterocycles. The number of amides is 1. The number of aliphatic imine (C=N–C) groups is 1. The molecule has 0 aromatic rings. The van der Waals surface area contributed by atoms with Gasteiger partial charge in [-0.05, 0) is 44.9 Å². The lowest BCUT2D eigenvalue weighted by molar-refractivity contribution is -0.137. The molecule has 3 aliphatic rings. The first-order valence-electron chi connectivity index (χ1n) is 12.8. The van der Waals surface area contributed by atoms with Gasteiger partial charge in [0.25, 0.3) is 0 Å². The number of nitrogens with one attached hydrogen (secondary N) is 2. The third-order valence-corrected chi connectivity index (χ3v) is 7.36. The number of guanidine groups is 1. The molecular weight excluding hydrogens is 517 g/mol. The molecule has 1 amide bonds. The number of ether oxygens (including phenoxy) is 1. The van der Waals surface area contributed by atoms with Crippen LogP contribution in [0.3, 0.4) is 0 Å². The number of carbonyl (C=O) groups is 1. The summed E-state index contributed by atoms with van der Waals surface area (Å²) in [7, 11) is 1.83. The summed E-state index contributed by atoms with van der Waals surface area (Å²) in [5.41, 5.74) is 0. The Balaban J connectivity index is 0.00000363. The van der Waals surface area contributed by atoms with Crippen LogP contribution in [0, 0.1) is 11.8 Å². The van der Waals surface area contributed by atoms with Crippen LogP contribution < -0.4 is 10.6 Å². The average molecular weight is 564 g/mol. The Labute approximate surface area is 212 Å². The van der Waals surface area contributed by atoms with Crippen LogP contribution >= 0.6 is 24.0 Å². The van der Waals surface area contributed by atoms with E-state index in [1.807, 2.05) is 7.05 Å². The number of rotatable bonds is 10. The Kier molecular flexibility index (Phi) is 13.2. The molecule has 2 N–H and O–H groups in total. The SMILES string of the molecule is CCOC(CCNC(=NC)NCCN1CCN(C(=O)C2CCCC2)CC1)C1CCCC1.I. The van der Waals surface area contributed by atoms with Gasteiger partial charge in [-0.1, -0.05) is 25.7 Å². The molecule has 0 spiro atoms. The van der Waals surface area contributed by atoms with E-state index in [0.717, 1.165) is 83.6 Å². The van der Waals surface area contributed by atoms with E-state index in [1.54, 1.807) is 0 Å². The predicted octanol–water partition coefficient (Wildman–Crippen LogP) is 3.09. The second-order valence-corrected chi connectivity index (χ2v) is 9.40. The summed E-state index contributed by atoms with van der Waals surface area (Å²) in [6.07, 6.45) is 11.4. The van der Waals surface area contributed by atoms with Crippen molar-refractivity contribution in [3.05, 3.63) is 0 Å². The van der Waals surface area contributed by atoms with Crippen LogP contribution in [-0.4, -0.2) is 87.2 Å². The minimum atomic E-state index is 0. The van der Waals surface area contributed by atoms with Crippen molar-refractivity contribution in [2.24, 2.45) is 16.8 Å². The van der Waals surface area contributed by atoms with Crippen LogP contribution in [0.2, 0.25) is 0 Å². The number of hydrogen-bond donors (Lipinski definition) is 2. The molecule has 3 rings (SSSR count). The maximum Gasteiger partial charge on any atom is 0.225 e. The largest absolute Gasteiger partial charge is 0.378 e. The molecule has 186 valence electrons. The highest BCUT2D eigenvalue weighted by atomic mass is 127. The van der Waals surface area contributed by atoms with Gasteiger partial charge in [0, 0.05) is 65.4 Å². The van der Waals surface area contributed by atoms with E-state index in [2.05, 4.69) is 32.3 Å². The summed E-state index contributed by atoms with van der Waals surface area (Å²) < 4.78 is 6.02. The van der Waals surface area contributed by atoms with Gasteiger partial charge in [0.1, 0.15) is 0 Å². The highest BCUT2D eigenvalue weighted by molar-refractivity contribution is 14.0. The zero-order valence-electron chi connectivity index (χ0n) is 20.3. The Hall–Kier alpha value is -0.610. The quantitative estimate of drug-likeness (QED) is 0.243. The van der Waals surface area contributed by atoms with Crippen molar-refractivity contribution in [1.29, 1.82) is 0 Å². The lowest BCUT2D eigenvalue weighted by Crippen LogP contribution is -2.52. The number of halogens is 1. The molecule has 0 aromatic carbocycles. The van der Waals surface area contributed by atoms with Gasteiger partial charge < -0.3 is 20.3 Å². The number of piperazine rings is 1. The van der Waals surface area contributed by atoms with Crippen molar-refractivity contribution >= 4 is 35.8 Å². The first kappa shape index (κ1) is 27.6. The van der Waals surface area contributed by atoms with Crippen molar-refractivity contribution in [2.45, 2.75) is 70.8 Å². The molecule has 1 saturated heterocycles. The summed E-state index contributed by atoms with van der Waals surface area (Å²) in [5, 5.41) is 6.91. The van der Waals surface area contributed by atoms with Crippen LogP contribution in [0.15, 0.2) is 4.99 Å². The smallest absolute Gasteiger partial charge is 0.225 e. The van der Waals surface area contributed by atoms with Crippen molar-refractivity contribution < 1.29 is 9.53 Å². The van der Waals surface area contributed by atoms with Crippen LogP contribution in [0.25, 0.3) is 0 Å². The highest BCUT2D eigenvalue weighted by Crippen LogP contribution is 2.30. The number of nitrogens with zero attached hydrogens (tertiary/aromatic N) is 3. The van der Waals surface area contributed by atoms with Gasteiger partial charge in [0.15, 0.2) is 5.96 Å². The minimum absolute atomic E-state index is 0. The van der Waals surface area contributed by atoms with Gasteiger partial charge >= 0.3 is 0 Å². The minimum Gasteiger partial charge on any atom is -0.378 e.